The summed E-state index contributed by atoms with van der Waals surface area (Å²) in [6.07, 6.45) is 0. The van der Waals surface area contributed by atoms with Crippen LogP contribution in [0.15, 0.2) is 47.6 Å². The second-order valence-electron chi connectivity index (χ2n) is 5.52. The number of alkyl halides is 2. The van der Waals surface area contributed by atoms with E-state index in [2.05, 4.69) is 20.3 Å². The van der Waals surface area contributed by atoms with Gasteiger partial charge in [0.15, 0.2) is 5.82 Å². The molecule has 0 aliphatic carbocycles. The Balaban J connectivity index is 1.63. The molecule has 0 bridgehead atoms. The third-order valence-electron chi connectivity index (χ3n) is 3.56. The number of thioether (sulfide) groups is 1. The second-order valence-corrected chi connectivity index (χ2v) is 7.24. The number of anilines is 1. The van der Waals surface area contributed by atoms with Crippen LogP contribution in [0.25, 0.3) is 11.4 Å². The van der Waals surface area contributed by atoms with Gasteiger partial charge >= 0.3 is 6.61 Å². The zero-order valence-electron chi connectivity index (χ0n) is 14.5. The molecule has 0 fully saturated rings. The Kier molecular flexibility index (Phi) is 6.78. The molecule has 0 radical (unpaired) electrons. The molecule has 12 heteroatoms. The smallest absolute Gasteiger partial charge is 0.387 e. The molecule has 0 unspecified atom stereocenters. The van der Waals surface area contributed by atoms with E-state index in [1.165, 1.54) is 28.9 Å². The highest BCUT2D eigenvalue weighted by atomic mass is 35.5. The summed E-state index contributed by atoms with van der Waals surface area (Å²) in [4.78, 5) is 12.2. The van der Waals surface area contributed by atoms with E-state index < -0.39 is 6.61 Å². The standard InChI is InChI=1S/C17H13Cl2F2N5O2S/c18-11-2-1-3-12(14(11)19)23-13(27)8-29-17-25-24-15(26(17)22)9-4-6-10(7-5-9)28-16(20)21/h1-7,16H,8,22H2,(H,23,27). The summed E-state index contributed by atoms with van der Waals surface area (Å²) < 4.78 is 29.9. The van der Waals surface area contributed by atoms with Crippen molar-refractivity contribution < 1.29 is 18.3 Å². The van der Waals surface area contributed by atoms with Gasteiger partial charge in [0.25, 0.3) is 0 Å². The predicted octanol–water partition coefficient (Wildman–Crippen LogP) is 4.30. The van der Waals surface area contributed by atoms with Crippen LogP contribution in [-0.4, -0.2) is 33.1 Å². The van der Waals surface area contributed by atoms with Crippen LogP contribution in [0.3, 0.4) is 0 Å². The average molecular weight is 460 g/mol. The molecule has 1 aromatic heterocycles. The Morgan fingerprint density at radius 3 is 2.62 bits per heavy atom. The second kappa shape index (κ2) is 9.29. The molecule has 0 aliphatic heterocycles. The lowest BCUT2D eigenvalue weighted by molar-refractivity contribution is -0.113. The van der Waals surface area contributed by atoms with Gasteiger partial charge in [0, 0.05) is 5.56 Å². The van der Waals surface area contributed by atoms with Crippen LogP contribution in [0.5, 0.6) is 5.75 Å². The number of halogens is 4. The fourth-order valence-corrected chi connectivity index (χ4v) is 3.28. The zero-order valence-corrected chi connectivity index (χ0v) is 16.8. The van der Waals surface area contributed by atoms with Crippen LogP contribution in [0.2, 0.25) is 10.0 Å². The summed E-state index contributed by atoms with van der Waals surface area (Å²) in [6, 6.07) is 10.7. The molecular weight excluding hydrogens is 447 g/mol. The molecule has 3 aromatic rings. The average Bonchev–Trinajstić information content (AvgIpc) is 3.04. The fraction of sp³-hybridized carbons (Fsp3) is 0.118. The van der Waals surface area contributed by atoms with Gasteiger partial charge < -0.3 is 15.9 Å². The molecule has 1 amide bonds. The molecule has 29 heavy (non-hydrogen) atoms. The van der Waals surface area contributed by atoms with E-state index in [0.717, 1.165) is 11.8 Å². The Morgan fingerprint density at radius 2 is 1.93 bits per heavy atom. The number of nitrogens with two attached hydrogens (primary N) is 1. The van der Waals surface area contributed by atoms with Crippen molar-refractivity contribution in [2.24, 2.45) is 0 Å². The lowest BCUT2D eigenvalue weighted by Gasteiger charge is -2.08. The molecule has 0 saturated heterocycles. The van der Waals surface area contributed by atoms with Gasteiger partial charge in [0.2, 0.25) is 11.1 Å². The minimum absolute atomic E-state index is 0.000653. The van der Waals surface area contributed by atoms with Crippen molar-refractivity contribution in [1.29, 1.82) is 0 Å². The van der Waals surface area contributed by atoms with E-state index in [1.54, 1.807) is 18.2 Å². The Bertz CT molecular complexity index is 1020. The van der Waals surface area contributed by atoms with Crippen LogP contribution >= 0.6 is 35.0 Å². The largest absolute Gasteiger partial charge is 0.435 e. The number of carbonyl (C=O) groups is 1. The maximum absolute atomic E-state index is 12.2. The number of nitrogens with one attached hydrogen (secondary N) is 1. The predicted molar refractivity (Wildman–Crippen MR) is 108 cm³/mol. The van der Waals surface area contributed by atoms with Gasteiger partial charge in [-0.3, -0.25) is 4.79 Å². The highest BCUT2D eigenvalue weighted by Gasteiger charge is 2.15. The molecule has 1 heterocycles. The Labute approximate surface area is 178 Å². The molecule has 3 rings (SSSR count). The first kappa shape index (κ1) is 21.2. The van der Waals surface area contributed by atoms with Crippen molar-refractivity contribution in [2.45, 2.75) is 11.8 Å². The summed E-state index contributed by atoms with van der Waals surface area (Å²) in [5.74, 6) is 5.96. The molecule has 0 saturated carbocycles. The normalized spacial score (nSPS) is 10.9. The SMILES string of the molecule is Nn1c(SCC(=O)Nc2cccc(Cl)c2Cl)nnc1-c1ccc(OC(F)F)cc1. The van der Waals surface area contributed by atoms with Crippen molar-refractivity contribution in [1.82, 2.24) is 14.9 Å². The van der Waals surface area contributed by atoms with E-state index in [-0.39, 0.29) is 22.4 Å². The number of aromatic nitrogens is 3. The van der Waals surface area contributed by atoms with E-state index in [1.807, 2.05) is 0 Å². The monoisotopic (exact) mass is 459 g/mol. The van der Waals surface area contributed by atoms with Gasteiger partial charge in [-0.2, -0.15) is 8.78 Å². The van der Waals surface area contributed by atoms with Gasteiger partial charge in [0.1, 0.15) is 5.75 Å². The summed E-state index contributed by atoms with van der Waals surface area (Å²) in [5, 5.41) is 11.4. The number of carbonyl (C=O) groups excluding carboxylic acids is 1. The quantitative estimate of drug-likeness (QED) is 0.404. The summed E-state index contributed by atoms with van der Waals surface area (Å²) in [5.41, 5.74) is 0.939. The minimum atomic E-state index is -2.91. The van der Waals surface area contributed by atoms with Crippen molar-refractivity contribution >= 4 is 46.6 Å². The molecule has 152 valence electrons. The van der Waals surface area contributed by atoms with Crippen LogP contribution < -0.4 is 15.9 Å². The van der Waals surface area contributed by atoms with Gasteiger partial charge in [-0.05, 0) is 36.4 Å². The first-order valence-corrected chi connectivity index (χ1v) is 9.71. The highest BCUT2D eigenvalue weighted by Crippen LogP contribution is 2.30. The topological polar surface area (TPSA) is 95.1 Å². The summed E-state index contributed by atoms with van der Waals surface area (Å²) in [6.45, 7) is -2.91. The van der Waals surface area contributed by atoms with Gasteiger partial charge in [-0.25, -0.2) is 4.68 Å². The van der Waals surface area contributed by atoms with E-state index >= 15 is 0 Å². The Morgan fingerprint density at radius 1 is 1.21 bits per heavy atom. The molecule has 0 spiro atoms. The lowest BCUT2D eigenvalue weighted by Crippen LogP contribution is -2.16. The highest BCUT2D eigenvalue weighted by molar-refractivity contribution is 7.99. The first-order valence-electron chi connectivity index (χ1n) is 7.97. The van der Waals surface area contributed by atoms with Crippen LogP contribution in [0.1, 0.15) is 0 Å². The third-order valence-corrected chi connectivity index (χ3v) is 5.32. The van der Waals surface area contributed by atoms with Gasteiger partial charge in [-0.15, -0.1) is 10.2 Å². The van der Waals surface area contributed by atoms with Crippen molar-refractivity contribution in [2.75, 3.05) is 16.9 Å². The first-order chi connectivity index (χ1) is 13.8. The molecule has 0 atom stereocenters. The number of hydrogen-bond donors (Lipinski definition) is 2. The number of ether oxygens (including phenoxy) is 1. The molecule has 7 nitrogen and oxygen atoms in total. The molecule has 3 N–H and O–H groups in total. The summed E-state index contributed by atoms with van der Waals surface area (Å²) >= 11 is 13.0. The molecule has 0 aliphatic rings. The number of hydrogen-bond acceptors (Lipinski definition) is 6. The molecule has 2 aromatic carbocycles. The number of benzene rings is 2. The third kappa shape index (κ3) is 5.28. The van der Waals surface area contributed by atoms with Crippen molar-refractivity contribution in [3.05, 3.63) is 52.5 Å². The molecular formula is C17H13Cl2F2N5O2S. The lowest BCUT2D eigenvalue weighted by atomic mass is 10.2. The van der Waals surface area contributed by atoms with Gasteiger partial charge in [-0.1, -0.05) is 41.0 Å². The van der Waals surface area contributed by atoms with Crippen molar-refractivity contribution in [3.63, 3.8) is 0 Å². The number of nitrogen functional groups attached to an aromatic ring is 1. The van der Waals surface area contributed by atoms with E-state index in [0.29, 0.717) is 27.3 Å². The number of amides is 1. The Hall–Kier alpha value is -2.56. The summed E-state index contributed by atoms with van der Waals surface area (Å²) in [7, 11) is 0. The van der Waals surface area contributed by atoms with Crippen molar-refractivity contribution in [3.8, 4) is 17.1 Å². The number of nitrogens with zero attached hydrogens (tertiary/aromatic N) is 3. The van der Waals surface area contributed by atoms with Crippen LogP contribution in [-0.2, 0) is 4.79 Å². The fourth-order valence-electron chi connectivity index (χ4n) is 2.27. The van der Waals surface area contributed by atoms with Crippen LogP contribution in [0, 0.1) is 0 Å². The zero-order chi connectivity index (χ0) is 21.0. The number of rotatable bonds is 7. The van der Waals surface area contributed by atoms with Crippen LogP contribution in [0.4, 0.5) is 14.5 Å². The van der Waals surface area contributed by atoms with E-state index in [4.69, 9.17) is 29.0 Å². The van der Waals surface area contributed by atoms with E-state index in [9.17, 15) is 13.6 Å². The maximum atomic E-state index is 12.2. The maximum Gasteiger partial charge on any atom is 0.387 e. The minimum Gasteiger partial charge on any atom is -0.435 e. The van der Waals surface area contributed by atoms with Gasteiger partial charge in [0.05, 0.1) is 21.5 Å².